The number of sulfonamides is 1. The van der Waals surface area contributed by atoms with Gasteiger partial charge in [-0.25, -0.2) is 8.42 Å². The predicted octanol–water partition coefficient (Wildman–Crippen LogP) is 2.35. The molecule has 3 rings (SSSR count). The molecule has 0 aromatic heterocycles. The van der Waals surface area contributed by atoms with Gasteiger partial charge in [0.2, 0.25) is 15.9 Å². The summed E-state index contributed by atoms with van der Waals surface area (Å²) in [5.74, 6) is 0.209. The SMILES string of the molecule is CCOc1ccc(Cl)cc1S(=O)(=O)N1CCC(C(=O)NC2CCN(C)CC2)CC1. The number of nitrogens with one attached hydrogen (secondary N) is 1. The molecule has 162 valence electrons. The number of hydrogen-bond acceptors (Lipinski definition) is 5. The van der Waals surface area contributed by atoms with Gasteiger partial charge in [0.25, 0.3) is 0 Å². The van der Waals surface area contributed by atoms with Gasteiger partial charge in [0, 0.05) is 30.1 Å². The van der Waals surface area contributed by atoms with Crippen molar-refractivity contribution in [3.05, 3.63) is 23.2 Å². The fourth-order valence-electron chi connectivity index (χ4n) is 3.93. The Balaban J connectivity index is 1.61. The molecule has 2 fully saturated rings. The van der Waals surface area contributed by atoms with Crippen LogP contribution in [0.25, 0.3) is 0 Å². The van der Waals surface area contributed by atoms with Crippen molar-refractivity contribution < 1.29 is 17.9 Å². The lowest BCUT2D eigenvalue weighted by molar-refractivity contribution is -0.127. The lowest BCUT2D eigenvalue weighted by Crippen LogP contribution is -2.48. The monoisotopic (exact) mass is 443 g/mol. The number of likely N-dealkylation sites (tertiary alicyclic amines) is 1. The molecule has 0 radical (unpaired) electrons. The highest BCUT2D eigenvalue weighted by atomic mass is 35.5. The van der Waals surface area contributed by atoms with Gasteiger partial charge in [-0.15, -0.1) is 0 Å². The van der Waals surface area contributed by atoms with E-state index >= 15 is 0 Å². The van der Waals surface area contributed by atoms with Crippen molar-refractivity contribution in [3.63, 3.8) is 0 Å². The van der Waals surface area contributed by atoms with Gasteiger partial charge < -0.3 is 15.0 Å². The van der Waals surface area contributed by atoms with Gasteiger partial charge in [-0.2, -0.15) is 4.31 Å². The molecule has 29 heavy (non-hydrogen) atoms. The number of nitrogens with zero attached hydrogens (tertiary/aromatic N) is 2. The molecule has 2 saturated heterocycles. The second-order valence-corrected chi connectivity index (χ2v) is 10.1. The highest BCUT2D eigenvalue weighted by Gasteiger charge is 2.34. The Hall–Kier alpha value is -1.35. The minimum atomic E-state index is -3.73. The Morgan fingerprint density at radius 3 is 2.45 bits per heavy atom. The molecule has 0 bridgehead atoms. The van der Waals surface area contributed by atoms with E-state index in [0.717, 1.165) is 25.9 Å². The molecule has 0 atom stereocenters. The second kappa shape index (κ2) is 9.64. The molecule has 0 saturated carbocycles. The van der Waals surface area contributed by atoms with Crippen LogP contribution in [0.1, 0.15) is 32.6 Å². The Kier molecular flexibility index (Phi) is 7.42. The van der Waals surface area contributed by atoms with Gasteiger partial charge in [-0.3, -0.25) is 4.79 Å². The second-order valence-electron chi connectivity index (χ2n) is 7.79. The highest BCUT2D eigenvalue weighted by molar-refractivity contribution is 7.89. The number of benzene rings is 1. The lowest BCUT2D eigenvalue weighted by atomic mass is 9.96. The van der Waals surface area contributed by atoms with E-state index in [1.165, 1.54) is 10.4 Å². The van der Waals surface area contributed by atoms with Crippen molar-refractivity contribution in [2.24, 2.45) is 5.92 Å². The van der Waals surface area contributed by atoms with E-state index in [1.807, 2.05) is 0 Å². The number of piperidine rings is 2. The van der Waals surface area contributed by atoms with Crippen molar-refractivity contribution in [1.82, 2.24) is 14.5 Å². The van der Waals surface area contributed by atoms with Crippen LogP contribution in [0.4, 0.5) is 0 Å². The van der Waals surface area contributed by atoms with Gasteiger partial charge in [0.15, 0.2) is 0 Å². The van der Waals surface area contributed by atoms with E-state index in [4.69, 9.17) is 16.3 Å². The molecule has 1 N–H and O–H groups in total. The normalized spacial score (nSPS) is 20.5. The fourth-order valence-corrected chi connectivity index (χ4v) is 5.79. The summed E-state index contributed by atoms with van der Waals surface area (Å²) in [4.78, 5) is 15.0. The number of ether oxygens (including phenoxy) is 1. The van der Waals surface area contributed by atoms with E-state index in [0.29, 0.717) is 43.3 Å². The van der Waals surface area contributed by atoms with Crippen molar-refractivity contribution in [3.8, 4) is 5.75 Å². The van der Waals surface area contributed by atoms with Gasteiger partial charge in [0.05, 0.1) is 6.61 Å². The number of carbonyl (C=O) groups is 1. The average molecular weight is 444 g/mol. The Morgan fingerprint density at radius 2 is 1.83 bits per heavy atom. The topological polar surface area (TPSA) is 79.0 Å². The molecule has 9 heteroatoms. The van der Waals surface area contributed by atoms with E-state index in [2.05, 4.69) is 17.3 Å². The smallest absolute Gasteiger partial charge is 0.246 e. The van der Waals surface area contributed by atoms with Crippen molar-refractivity contribution in [1.29, 1.82) is 0 Å². The number of carbonyl (C=O) groups excluding carboxylic acids is 1. The summed E-state index contributed by atoms with van der Waals surface area (Å²) in [5.41, 5.74) is 0. The van der Waals surface area contributed by atoms with Crippen LogP contribution in [0, 0.1) is 5.92 Å². The zero-order chi connectivity index (χ0) is 21.0. The molecule has 1 aromatic carbocycles. The Morgan fingerprint density at radius 1 is 1.17 bits per heavy atom. The summed E-state index contributed by atoms with van der Waals surface area (Å²) in [6.45, 7) is 4.77. The summed E-state index contributed by atoms with van der Waals surface area (Å²) >= 11 is 6.03. The summed E-state index contributed by atoms with van der Waals surface area (Å²) in [7, 11) is -1.64. The molecule has 1 aromatic rings. The van der Waals surface area contributed by atoms with Crippen LogP contribution in [-0.2, 0) is 14.8 Å². The zero-order valence-electron chi connectivity index (χ0n) is 17.1. The van der Waals surface area contributed by atoms with Crippen molar-refractivity contribution >= 4 is 27.5 Å². The minimum Gasteiger partial charge on any atom is -0.492 e. The third kappa shape index (κ3) is 5.42. The summed E-state index contributed by atoms with van der Waals surface area (Å²) in [6, 6.07) is 4.85. The van der Waals surface area contributed by atoms with Crippen LogP contribution in [-0.4, -0.2) is 69.4 Å². The first kappa shape index (κ1) is 22.3. The number of halogens is 1. The standard InChI is InChI=1S/C20H30ClN3O4S/c1-3-28-18-5-4-16(21)14-19(18)29(26,27)24-12-6-15(7-13-24)20(25)22-17-8-10-23(2)11-9-17/h4-5,14-15,17H,3,6-13H2,1-2H3,(H,22,25). The first-order valence-electron chi connectivity index (χ1n) is 10.2. The first-order valence-corrected chi connectivity index (χ1v) is 12.0. The molecule has 2 heterocycles. The maximum Gasteiger partial charge on any atom is 0.246 e. The lowest BCUT2D eigenvalue weighted by Gasteiger charge is -2.33. The van der Waals surface area contributed by atoms with Crippen molar-refractivity contribution in [2.75, 3.05) is 39.8 Å². The summed E-state index contributed by atoms with van der Waals surface area (Å²) < 4.78 is 33.2. The van der Waals surface area contributed by atoms with Gasteiger partial charge >= 0.3 is 0 Å². The van der Waals surface area contributed by atoms with Gasteiger partial charge in [-0.1, -0.05) is 11.6 Å². The summed E-state index contributed by atoms with van der Waals surface area (Å²) in [6.07, 6.45) is 2.96. The van der Waals surface area contributed by atoms with E-state index in [1.54, 1.807) is 19.1 Å². The van der Waals surface area contributed by atoms with Crippen LogP contribution in [0.2, 0.25) is 5.02 Å². The Labute approximate surface area is 178 Å². The van der Waals surface area contributed by atoms with Crippen LogP contribution < -0.4 is 10.1 Å². The van der Waals surface area contributed by atoms with Crippen LogP contribution >= 0.6 is 11.6 Å². The number of amides is 1. The molecular weight excluding hydrogens is 414 g/mol. The van der Waals surface area contributed by atoms with Gasteiger partial charge in [0.1, 0.15) is 10.6 Å². The maximum absolute atomic E-state index is 13.1. The molecule has 0 aliphatic carbocycles. The molecule has 2 aliphatic heterocycles. The predicted molar refractivity (Wildman–Crippen MR) is 113 cm³/mol. The molecule has 0 unspecified atom stereocenters. The summed E-state index contributed by atoms with van der Waals surface area (Å²) in [5, 5.41) is 3.50. The van der Waals surface area contributed by atoms with Crippen molar-refractivity contribution in [2.45, 2.75) is 43.5 Å². The van der Waals surface area contributed by atoms with Crippen LogP contribution in [0.3, 0.4) is 0 Å². The van der Waals surface area contributed by atoms with Crippen LogP contribution in [0.5, 0.6) is 5.75 Å². The maximum atomic E-state index is 13.1. The Bertz CT molecular complexity index is 817. The van der Waals surface area contributed by atoms with Crippen LogP contribution in [0.15, 0.2) is 23.1 Å². The number of rotatable bonds is 6. The molecular formula is C20H30ClN3O4S. The van der Waals surface area contributed by atoms with E-state index < -0.39 is 10.0 Å². The largest absolute Gasteiger partial charge is 0.492 e. The third-order valence-corrected chi connectivity index (χ3v) is 7.87. The van der Waals surface area contributed by atoms with E-state index in [-0.39, 0.29) is 22.8 Å². The zero-order valence-corrected chi connectivity index (χ0v) is 18.6. The quantitative estimate of drug-likeness (QED) is 0.730. The van der Waals surface area contributed by atoms with Gasteiger partial charge in [-0.05, 0) is 70.9 Å². The minimum absolute atomic E-state index is 0.0503. The average Bonchev–Trinajstić information content (AvgIpc) is 2.71. The fraction of sp³-hybridized carbons (Fsp3) is 0.650. The van der Waals surface area contributed by atoms with E-state index in [9.17, 15) is 13.2 Å². The molecule has 7 nitrogen and oxygen atoms in total. The first-order chi connectivity index (χ1) is 13.8. The molecule has 0 spiro atoms. The third-order valence-electron chi connectivity index (χ3n) is 5.71. The highest BCUT2D eigenvalue weighted by Crippen LogP contribution is 2.32. The molecule has 1 amide bonds. The molecule has 2 aliphatic rings. The number of hydrogen-bond donors (Lipinski definition) is 1.